The SMILES string of the molecule is COc1ccc2c(=O)cc(-c3ccc4c(c3)OCCO4)oc2c1. The number of ether oxygens (including phenoxy) is 3. The Morgan fingerprint density at radius 2 is 1.78 bits per heavy atom. The van der Waals surface area contributed by atoms with Crippen LogP contribution < -0.4 is 19.6 Å². The molecule has 3 aromatic rings. The smallest absolute Gasteiger partial charge is 0.193 e. The summed E-state index contributed by atoms with van der Waals surface area (Å²) in [6.07, 6.45) is 0. The van der Waals surface area contributed by atoms with Gasteiger partial charge < -0.3 is 18.6 Å². The lowest BCUT2D eigenvalue weighted by Gasteiger charge is -2.18. The number of rotatable bonds is 2. The molecule has 1 aliphatic heterocycles. The van der Waals surface area contributed by atoms with Crippen molar-refractivity contribution in [3.05, 3.63) is 52.7 Å². The maximum absolute atomic E-state index is 12.3. The highest BCUT2D eigenvalue weighted by Gasteiger charge is 2.14. The summed E-state index contributed by atoms with van der Waals surface area (Å²) >= 11 is 0. The third-order valence-corrected chi connectivity index (χ3v) is 3.76. The van der Waals surface area contributed by atoms with E-state index in [2.05, 4.69) is 0 Å². The lowest BCUT2D eigenvalue weighted by atomic mass is 10.1. The molecule has 0 unspecified atom stereocenters. The minimum Gasteiger partial charge on any atom is -0.497 e. The summed E-state index contributed by atoms with van der Waals surface area (Å²) in [5, 5.41) is 0.520. The van der Waals surface area contributed by atoms with Gasteiger partial charge in [0, 0.05) is 17.7 Å². The molecule has 1 aliphatic rings. The van der Waals surface area contributed by atoms with Crippen LogP contribution in [0, 0.1) is 0 Å². The van der Waals surface area contributed by atoms with Crippen molar-refractivity contribution in [3.8, 4) is 28.6 Å². The van der Waals surface area contributed by atoms with Gasteiger partial charge in [-0.3, -0.25) is 4.79 Å². The van der Waals surface area contributed by atoms with Crippen LogP contribution in [0.5, 0.6) is 17.2 Å². The highest BCUT2D eigenvalue weighted by atomic mass is 16.6. The van der Waals surface area contributed by atoms with Crippen LogP contribution in [0.25, 0.3) is 22.3 Å². The van der Waals surface area contributed by atoms with Crippen LogP contribution in [0.4, 0.5) is 0 Å². The average Bonchev–Trinajstić information content (AvgIpc) is 2.60. The van der Waals surface area contributed by atoms with Crippen LogP contribution in [0.3, 0.4) is 0 Å². The lowest BCUT2D eigenvalue weighted by molar-refractivity contribution is 0.171. The summed E-state index contributed by atoms with van der Waals surface area (Å²) in [5.41, 5.74) is 1.15. The summed E-state index contributed by atoms with van der Waals surface area (Å²) < 4.78 is 22.1. The Bertz CT molecular complexity index is 942. The third kappa shape index (κ3) is 2.40. The summed E-state index contributed by atoms with van der Waals surface area (Å²) in [6.45, 7) is 1.05. The second kappa shape index (κ2) is 5.35. The van der Waals surface area contributed by atoms with Gasteiger partial charge in [0.05, 0.1) is 12.5 Å². The highest BCUT2D eigenvalue weighted by Crippen LogP contribution is 2.35. The zero-order valence-electron chi connectivity index (χ0n) is 12.5. The van der Waals surface area contributed by atoms with Gasteiger partial charge in [-0.05, 0) is 30.3 Å². The second-order valence-corrected chi connectivity index (χ2v) is 5.20. The molecule has 0 spiro atoms. The van der Waals surface area contributed by atoms with Crippen molar-refractivity contribution >= 4 is 11.0 Å². The standard InChI is InChI=1S/C18H14O5/c1-20-12-3-4-13-14(19)10-16(23-17(13)9-12)11-2-5-15-18(8-11)22-7-6-21-15/h2-5,8-10H,6-7H2,1H3. The number of hydrogen-bond acceptors (Lipinski definition) is 5. The van der Waals surface area contributed by atoms with E-state index in [9.17, 15) is 4.79 Å². The normalized spacial score (nSPS) is 13.1. The molecule has 0 saturated heterocycles. The molecule has 0 amide bonds. The zero-order chi connectivity index (χ0) is 15.8. The molecule has 0 saturated carbocycles. The number of hydrogen-bond donors (Lipinski definition) is 0. The molecule has 116 valence electrons. The van der Waals surface area contributed by atoms with Crippen LogP contribution >= 0.6 is 0 Å². The molecule has 0 radical (unpaired) electrons. The van der Waals surface area contributed by atoms with Crippen molar-refractivity contribution in [2.45, 2.75) is 0 Å². The Morgan fingerprint density at radius 1 is 0.957 bits per heavy atom. The van der Waals surface area contributed by atoms with Crippen molar-refractivity contribution in [2.75, 3.05) is 20.3 Å². The predicted octanol–water partition coefficient (Wildman–Crippen LogP) is 3.24. The van der Waals surface area contributed by atoms with Crippen LogP contribution in [-0.4, -0.2) is 20.3 Å². The van der Waals surface area contributed by atoms with Gasteiger partial charge in [-0.2, -0.15) is 0 Å². The molecule has 0 aliphatic carbocycles. The first-order valence-electron chi connectivity index (χ1n) is 7.26. The van der Waals surface area contributed by atoms with Crippen molar-refractivity contribution in [1.82, 2.24) is 0 Å². The van der Waals surface area contributed by atoms with E-state index in [-0.39, 0.29) is 5.43 Å². The molecular weight excluding hydrogens is 296 g/mol. The zero-order valence-corrected chi connectivity index (χ0v) is 12.5. The average molecular weight is 310 g/mol. The third-order valence-electron chi connectivity index (χ3n) is 3.76. The van der Waals surface area contributed by atoms with E-state index < -0.39 is 0 Å². The van der Waals surface area contributed by atoms with E-state index >= 15 is 0 Å². The van der Waals surface area contributed by atoms with Gasteiger partial charge in [0.15, 0.2) is 16.9 Å². The van der Waals surface area contributed by atoms with E-state index in [0.29, 0.717) is 47.2 Å². The molecular formula is C18H14O5. The molecule has 4 rings (SSSR count). The fourth-order valence-electron chi connectivity index (χ4n) is 2.60. The predicted molar refractivity (Wildman–Crippen MR) is 85.5 cm³/mol. The number of benzene rings is 2. The number of fused-ring (bicyclic) bond motifs is 2. The molecule has 5 nitrogen and oxygen atoms in total. The topological polar surface area (TPSA) is 57.9 Å². The van der Waals surface area contributed by atoms with Crippen LogP contribution in [0.15, 0.2) is 51.7 Å². The van der Waals surface area contributed by atoms with Crippen LogP contribution in [-0.2, 0) is 0 Å². The summed E-state index contributed by atoms with van der Waals surface area (Å²) in [5.74, 6) is 2.47. The molecule has 0 N–H and O–H groups in total. The van der Waals surface area contributed by atoms with Crippen molar-refractivity contribution < 1.29 is 18.6 Å². The second-order valence-electron chi connectivity index (χ2n) is 5.20. The van der Waals surface area contributed by atoms with Crippen molar-refractivity contribution in [1.29, 1.82) is 0 Å². The van der Waals surface area contributed by atoms with Crippen molar-refractivity contribution in [3.63, 3.8) is 0 Å². The Kier molecular flexibility index (Phi) is 3.19. The Hall–Kier alpha value is -2.95. The minimum atomic E-state index is -0.0983. The fraction of sp³-hybridized carbons (Fsp3) is 0.167. The molecule has 23 heavy (non-hydrogen) atoms. The summed E-state index contributed by atoms with van der Waals surface area (Å²) in [4.78, 5) is 12.3. The van der Waals surface area contributed by atoms with E-state index in [4.69, 9.17) is 18.6 Å². The van der Waals surface area contributed by atoms with E-state index in [1.807, 2.05) is 18.2 Å². The van der Waals surface area contributed by atoms with E-state index in [1.165, 1.54) is 6.07 Å². The van der Waals surface area contributed by atoms with Gasteiger partial charge in [-0.25, -0.2) is 0 Å². The number of methoxy groups -OCH3 is 1. The van der Waals surface area contributed by atoms with Gasteiger partial charge in [0.25, 0.3) is 0 Å². The fourth-order valence-corrected chi connectivity index (χ4v) is 2.60. The maximum atomic E-state index is 12.3. The summed E-state index contributed by atoms with van der Waals surface area (Å²) in [7, 11) is 1.57. The summed E-state index contributed by atoms with van der Waals surface area (Å²) in [6, 6.07) is 12.1. The molecule has 0 atom stereocenters. The lowest BCUT2D eigenvalue weighted by Crippen LogP contribution is -2.15. The molecule has 2 heterocycles. The largest absolute Gasteiger partial charge is 0.497 e. The van der Waals surface area contributed by atoms with E-state index in [1.54, 1.807) is 25.3 Å². The van der Waals surface area contributed by atoms with Crippen molar-refractivity contribution in [2.24, 2.45) is 0 Å². The van der Waals surface area contributed by atoms with Gasteiger partial charge >= 0.3 is 0 Å². The van der Waals surface area contributed by atoms with Crippen LogP contribution in [0.2, 0.25) is 0 Å². The quantitative estimate of drug-likeness (QED) is 0.727. The monoisotopic (exact) mass is 310 g/mol. The Labute approximate surface area is 132 Å². The first kappa shape index (κ1) is 13.7. The molecule has 0 bridgehead atoms. The minimum absolute atomic E-state index is 0.0983. The van der Waals surface area contributed by atoms with Gasteiger partial charge in [0.1, 0.15) is 30.3 Å². The molecule has 1 aromatic heterocycles. The van der Waals surface area contributed by atoms with Gasteiger partial charge in [-0.15, -0.1) is 0 Å². The first-order valence-corrected chi connectivity index (χ1v) is 7.26. The first-order chi connectivity index (χ1) is 11.2. The van der Waals surface area contributed by atoms with E-state index in [0.717, 1.165) is 5.56 Å². The molecule has 2 aromatic carbocycles. The Morgan fingerprint density at radius 3 is 2.61 bits per heavy atom. The molecule has 0 fully saturated rings. The Balaban J connectivity index is 1.86. The highest BCUT2D eigenvalue weighted by molar-refractivity contribution is 5.80. The van der Waals surface area contributed by atoms with Gasteiger partial charge in [-0.1, -0.05) is 0 Å². The van der Waals surface area contributed by atoms with Gasteiger partial charge in [0.2, 0.25) is 0 Å². The van der Waals surface area contributed by atoms with Crippen LogP contribution in [0.1, 0.15) is 0 Å². The molecule has 5 heteroatoms. The maximum Gasteiger partial charge on any atom is 0.193 e.